The lowest BCUT2D eigenvalue weighted by molar-refractivity contribution is -0.135. The molecule has 2 aliphatic rings. The fourth-order valence-corrected chi connectivity index (χ4v) is 5.50. The fourth-order valence-electron chi connectivity index (χ4n) is 4.77. The van der Waals surface area contributed by atoms with Crippen molar-refractivity contribution in [3.63, 3.8) is 0 Å². The summed E-state index contributed by atoms with van der Waals surface area (Å²) in [5, 5.41) is 4.68. The van der Waals surface area contributed by atoms with E-state index in [4.69, 9.17) is 0 Å². The molecule has 2 amide bonds. The maximum atomic E-state index is 14.0. The Bertz CT molecular complexity index is 1010. The summed E-state index contributed by atoms with van der Waals surface area (Å²) in [5.74, 6) is -0.0313. The number of piperidine rings is 1. The molecule has 0 saturated carbocycles. The number of nitrogens with zero attached hydrogens (tertiary/aromatic N) is 4. The van der Waals surface area contributed by atoms with E-state index in [-0.39, 0.29) is 29.6 Å². The van der Waals surface area contributed by atoms with Gasteiger partial charge in [-0.25, -0.2) is 13.8 Å². The van der Waals surface area contributed by atoms with Crippen LogP contribution in [0.15, 0.2) is 23.6 Å². The average molecular weight is 492 g/mol. The van der Waals surface area contributed by atoms with E-state index in [1.807, 2.05) is 9.80 Å². The van der Waals surface area contributed by atoms with Gasteiger partial charge in [-0.1, -0.05) is 13.8 Å². The molecule has 0 spiro atoms. The van der Waals surface area contributed by atoms with Crippen LogP contribution < -0.4 is 5.32 Å². The zero-order valence-corrected chi connectivity index (χ0v) is 20.4. The largest absolute Gasteiger partial charge is 0.341 e. The van der Waals surface area contributed by atoms with Crippen LogP contribution in [0.3, 0.4) is 0 Å². The van der Waals surface area contributed by atoms with Gasteiger partial charge in [0.25, 0.3) is 0 Å². The van der Waals surface area contributed by atoms with Crippen LogP contribution in [0.5, 0.6) is 0 Å². The van der Waals surface area contributed by atoms with Crippen molar-refractivity contribution in [1.29, 1.82) is 0 Å². The number of hydrogen-bond donors (Lipinski definition) is 1. The van der Waals surface area contributed by atoms with Crippen molar-refractivity contribution < 1.29 is 18.4 Å². The molecule has 2 aliphatic heterocycles. The van der Waals surface area contributed by atoms with Gasteiger partial charge in [-0.3, -0.25) is 19.4 Å². The van der Waals surface area contributed by atoms with Gasteiger partial charge in [0.05, 0.1) is 18.8 Å². The molecule has 34 heavy (non-hydrogen) atoms. The van der Waals surface area contributed by atoms with Gasteiger partial charge in [0, 0.05) is 50.2 Å². The maximum absolute atomic E-state index is 14.0. The van der Waals surface area contributed by atoms with E-state index in [0.717, 1.165) is 44.4 Å². The van der Waals surface area contributed by atoms with Crippen molar-refractivity contribution in [2.75, 3.05) is 57.7 Å². The summed E-state index contributed by atoms with van der Waals surface area (Å²) in [7, 11) is 0. The summed E-state index contributed by atoms with van der Waals surface area (Å²) >= 11 is 1.17. The minimum absolute atomic E-state index is 0.0656. The summed E-state index contributed by atoms with van der Waals surface area (Å²) in [6, 6.07) is 3.20. The Balaban J connectivity index is 1.22. The molecule has 0 radical (unpaired) electrons. The maximum Gasteiger partial charge on any atom is 0.240 e. The first kappa shape index (κ1) is 24.7. The molecule has 1 aromatic heterocycles. The molecule has 7 nitrogen and oxygen atoms in total. The highest BCUT2D eigenvalue weighted by atomic mass is 32.1. The standard InChI is InChI=1S/C24H31F2N5O2S/c1-16-9-17(2)12-31(11-16)23(33)14-30-7-5-29(6-8-30)13-22(32)28-24-27-21(15-34-24)19-10-18(25)3-4-20(19)26/h3-4,10,15-17H,5-9,11-14H2,1-2H3,(H,27,28,32). The van der Waals surface area contributed by atoms with E-state index in [9.17, 15) is 18.4 Å². The Morgan fingerprint density at radius 2 is 1.71 bits per heavy atom. The first-order chi connectivity index (χ1) is 16.3. The Kier molecular flexibility index (Phi) is 7.90. The summed E-state index contributed by atoms with van der Waals surface area (Å²) in [4.78, 5) is 35.6. The second kappa shape index (κ2) is 10.9. The predicted molar refractivity (Wildman–Crippen MR) is 129 cm³/mol. The smallest absolute Gasteiger partial charge is 0.240 e. The molecule has 10 heteroatoms. The number of amides is 2. The molecular formula is C24H31F2N5O2S. The second-order valence-corrected chi connectivity index (χ2v) is 10.4. The Morgan fingerprint density at radius 3 is 2.38 bits per heavy atom. The second-order valence-electron chi connectivity index (χ2n) is 9.51. The zero-order valence-electron chi connectivity index (χ0n) is 19.6. The highest BCUT2D eigenvalue weighted by Crippen LogP contribution is 2.27. The van der Waals surface area contributed by atoms with E-state index in [0.29, 0.717) is 36.6 Å². The fraction of sp³-hybridized carbons (Fsp3) is 0.542. The number of piperazine rings is 1. The van der Waals surface area contributed by atoms with Crippen molar-refractivity contribution in [2.24, 2.45) is 11.8 Å². The monoisotopic (exact) mass is 491 g/mol. The van der Waals surface area contributed by atoms with E-state index in [1.165, 1.54) is 17.8 Å². The molecule has 2 unspecified atom stereocenters. The van der Waals surface area contributed by atoms with Gasteiger partial charge < -0.3 is 10.2 Å². The number of rotatable bonds is 6. The first-order valence-corrected chi connectivity index (χ1v) is 12.6. The number of thiazole rings is 1. The molecule has 184 valence electrons. The molecule has 4 rings (SSSR count). The number of anilines is 1. The van der Waals surface area contributed by atoms with Crippen LogP contribution in [0.4, 0.5) is 13.9 Å². The number of aromatic nitrogens is 1. The minimum Gasteiger partial charge on any atom is -0.341 e. The quantitative estimate of drug-likeness (QED) is 0.673. The molecule has 2 fully saturated rings. The van der Waals surface area contributed by atoms with Crippen LogP contribution in [0.25, 0.3) is 11.3 Å². The van der Waals surface area contributed by atoms with Crippen LogP contribution in [0.1, 0.15) is 20.3 Å². The SMILES string of the molecule is CC1CC(C)CN(C(=O)CN2CCN(CC(=O)Nc3nc(-c4cc(F)ccc4F)cs3)CC2)C1. The predicted octanol–water partition coefficient (Wildman–Crippen LogP) is 3.15. The van der Waals surface area contributed by atoms with Crippen molar-refractivity contribution in [3.8, 4) is 11.3 Å². The Labute approximate surface area is 202 Å². The van der Waals surface area contributed by atoms with E-state index >= 15 is 0 Å². The number of carbonyl (C=O) groups is 2. The summed E-state index contributed by atoms with van der Waals surface area (Å²) in [6.07, 6.45) is 1.18. The third-order valence-electron chi connectivity index (χ3n) is 6.37. The molecule has 0 aliphatic carbocycles. The Hall–Kier alpha value is -2.43. The highest BCUT2D eigenvalue weighted by Gasteiger charge is 2.28. The van der Waals surface area contributed by atoms with Crippen LogP contribution in [0.2, 0.25) is 0 Å². The van der Waals surface area contributed by atoms with Crippen molar-refractivity contribution in [3.05, 3.63) is 35.2 Å². The molecule has 2 saturated heterocycles. The number of benzene rings is 1. The van der Waals surface area contributed by atoms with Crippen LogP contribution in [-0.2, 0) is 9.59 Å². The van der Waals surface area contributed by atoms with Gasteiger partial charge in [0.2, 0.25) is 11.8 Å². The lowest BCUT2D eigenvalue weighted by Crippen LogP contribution is -2.52. The minimum atomic E-state index is -0.565. The van der Waals surface area contributed by atoms with Crippen LogP contribution >= 0.6 is 11.3 Å². The van der Waals surface area contributed by atoms with Gasteiger partial charge in [0.15, 0.2) is 5.13 Å². The number of hydrogen-bond acceptors (Lipinski definition) is 6. The number of halogens is 2. The normalized spacial score (nSPS) is 22.1. The van der Waals surface area contributed by atoms with Crippen molar-refractivity contribution >= 4 is 28.3 Å². The molecule has 1 aromatic carbocycles. The molecule has 2 atom stereocenters. The van der Waals surface area contributed by atoms with Gasteiger partial charge >= 0.3 is 0 Å². The van der Waals surface area contributed by atoms with Gasteiger partial charge in [0.1, 0.15) is 11.6 Å². The van der Waals surface area contributed by atoms with E-state index < -0.39 is 11.6 Å². The lowest BCUT2D eigenvalue weighted by atomic mass is 9.92. The first-order valence-electron chi connectivity index (χ1n) is 11.7. The molecule has 2 aromatic rings. The topological polar surface area (TPSA) is 68.8 Å². The molecule has 3 heterocycles. The van der Waals surface area contributed by atoms with Gasteiger partial charge in [-0.15, -0.1) is 11.3 Å². The third-order valence-corrected chi connectivity index (χ3v) is 7.13. The number of likely N-dealkylation sites (tertiary alicyclic amines) is 1. The highest BCUT2D eigenvalue weighted by molar-refractivity contribution is 7.14. The van der Waals surface area contributed by atoms with Gasteiger partial charge in [-0.05, 0) is 36.5 Å². The van der Waals surface area contributed by atoms with Crippen molar-refractivity contribution in [1.82, 2.24) is 19.7 Å². The zero-order chi connectivity index (χ0) is 24.2. The summed E-state index contributed by atoms with van der Waals surface area (Å²) < 4.78 is 27.4. The number of nitrogens with one attached hydrogen (secondary N) is 1. The summed E-state index contributed by atoms with van der Waals surface area (Å²) in [6.45, 7) is 9.59. The van der Waals surface area contributed by atoms with Crippen LogP contribution in [-0.4, -0.2) is 83.9 Å². The third kappa shape index (κ3) is 6.37. The van der Waals surface area contributed by atoms with Crippen molar-refractivity contribution in [2.45, 2.75) is 20.3 Å². The molecule has 0 bridgehead atoms. The van der Waals surface area contributed by atoms with E-state index in [1.54, 1.807) is 5.38 Å². The summed E-state index contributed by atoms with van der Waals surface area (Å²) in [5.41, 5.74) is 0.351. The van der Waals surface area contributed by atoms with Gasteiger partial charge in [-0.2, -0.15) is 0 Å². The van der Waals surface area contributed by atoms with Crippen LogP contribution in [0, 0.1) is 23.5 Å². The molecular weight excluding hydrogens is 460 g/mol. The molecule has 1 N–H and O–H groups in total. The number of carbonyl (C=O) groups excluding carboxylic acids is 2. The Morgan fingerprint density at radius 1 is 1.06 bits per heavy atom. The van der Waals surface area contributed by atoms with E-state index in [2.05, 4.69) is 29.0 Å². The average Bonchev–Trinajstić information content (AvgIpc) is 3.24. The lowest BCUT2D eigenvalue weighted by Gasteiger charge is -2.38.